The first kappa shape index (κ1) is 14.5. The van der Waals surface area contributed by atoms with Gasteiger partial charge in [-0.25, -0.2) is 9.97 Å². The van der Waals surface area contributed by atoms with Gasteiger partial charge in [0, 0.05) is 42.1 Å². The van der Waals surface area contributed by atoms with Gasteiger partial charge in [-0.15, -0.1) is 11.3 Å². The van der Waals surface area contributed by atoms with Crippen molar-refractivity contribution in [2.75, 3.05) is 25.0 Å². The number of hydrogen-bond donors (Lipinski definition) is 0. The van der Waals surface area contributed by atoms with Crippen molar-refractivity contribution in [3.8, 4) is 0 Å². The molecule has 4 nitrogen and oxygen atoms in total. The number of likely N-dealkylation sites (N-methyl/N-ethyl adjacent to an activating group) is 1. The Kier molecular flexibility index (Phi) is 4.51. The first-order chi connectivity index (χ1) is 10.2. The minimum Gasteiger partial charge on any atom is -0.355 e. The summed E-state index contributed by atoms with van der Waals surface area (Å²) >= 11 is 1.91. The standard InChI is InChI=1S/C16H22N4S/c1-13-5-6-15(21-13)11-20-9-3-4-14(10-20)19(2)16-7-8-17-12-18-16/h5-8,12,14H,3-4,9-11H2,1-2H3. The van der Waals surface area contributed by atoms with Crippen LogP contribution in [-0.4, -0.2) is 41.0 Å². The summed E-state index contributed by atoms with van der Waals surface area (Å²) in [5, 5.41) is 0. The van der Waals surface area contributed by atoms with E-state index in [-0.39, 0.29) is 0 Å². The predicted molar refractivity (Wildman–Crippen MR) is 87.8 cm³/mol. The van der Waals surface area contributed by atoms with E-state index in [1.165, 1.54) is 29.1 Å². The quantitative estimate of drug-likeness (QED) is 0.869. The number of hydrogen-bond acceptors (Lipinski definition) is 5. The van der Waals surface area contributed by atoms with E-state index in [9.17, 15) is 0 Å². The molecule has 0 saturated carbocycles. The third kappa shape index (κ3) is 3.60. The van der Waals surface area contributed by atoms with Gasteiger partial charge in [0.05, 0.1) is 0 Å². The van der Waals surface area contributed by atoms with Gasteiger partial charge in [0.1, 0.15) is 12.1 Å². The molecule has 2 aromatic rings. The van der Waals surface area contributed by atoms with Crippen molar-refractivity contribution in [3.63, 3.8) is 0 Å². The van der Waals surface area contributed by atoms with E-state index in [1.807, 2.05) is 23.6 Å². The zero-order chi connectivity index (χ0) is 14.7. The molecule has 1 aliphatic rings. The maximum Gasteiger partial charge on any atom is 0.131 e. The normalized spacial score (nSPS) is 19.6. The Hall–Kier alpha value is -1.46. The molecule has 0 radical (unpaired) electrons. The van der Waals surface area contributed by atoms with E-state index in [2.05, 4.69) is 45.9 Å². The van der Waals surface area contributed by atoms with Gasteiger partial charge in [-0.1, -0.05) is 0 Å². The number of anilines is 1. The molecule has 0 aromatic carbocycles. The van der Waals surface area contributed by atoms with Crippen molar-refractivity contribution in [1.29, 1.82) is 0 Å². The Morgan fingerprint density at radius 3 is 3.00 bits per heavy atom. The Morgan fingerprint density at radius 1 is 1.38 bits per heavy atom. The van der Waals surface area contributed by atoms with E-state index in [4.69, 9.17) is 0 Å². The SMILES string of the molecule is Cc1ccc(CN2CCCC(N(C)c3ccncn3)C2)s1. The van der Waals surface area contributed by atoms with Gasteiger partial charge in [-0.05, 0) is 44.5 Å². The van der Waals surface area contributed by atoms with Crippen LogP contribution in [0.4, 0.5) is 5.82 Å². The molecule has 0 N–H and O–H groups in total. The number of nitrogens with zero attached hydrogens (tertiary/aromatic N) is 4. The van der Waals surface area contributed by atoms with Crippen molar-refractivity contribution < 1.29 is 0 Å². The average molecular weight is 302 g/mol. The lowest BCUT2D eigenvalue weighted by atomic mass is 10.0. The third-order valence-electron chi connectivity index (χ3n) is 4.13. The summed E-state index contributed by atoms with van der Waals surface area (Å²) in [5.74, 6) is 1.02. The van der Waals surface area contributed by atoms with Gasteiger partial charge >= 0.3 is 0 Å². The van der Waals surface area contributed by atoms with Crippen LogP contribution in [0.2, 0.25) is 0 Å². The van der Waals surface area contributed by atoms with Crippen molar-refractivity contribution in [1.82, 2.24) is 14.9 Å². The van der Waals surface area contributed by atoms with Crippen LogP contribution in [0, 0.1) is 6.92 Å². The van der Waals surface area contributed by atoms with E-state index in [0.29, 0.717) is 6.04 Å². The van der Waals surface area contributed by atoms with E-state index >= 15 is 0 Å². The summed E-state index contributed by atoms with van der Waals surface area (Å²) in [6.45, 7) is 5.56. The maximum atomic E-state index is 4.36. The minimum absolute atomic E-state index is 0.537. The van der Waals surface area contributed by atoms with Crippen molar-refractivity contribution >= 4 is 17.2 Å². The molecule has 3 heterocycles. The number of piperidine rings is 1. The summed E-state index contributed by atoms with van der Waals surface area (Å²) in [5.41, 5.74) is 0. The van der Waals surface area contributed by atoms with Crippen LogP contribution in [-0.2, 0) is 6.54 Å². The highest BCUT2D eigenvalue weighted by Gasteiger charge is 2.24. The Labute approximate surface area is 130 Å². The van der Waals surface area contributed by atoms with E-state index < -0.39 is 0 Å². The second-order valence-corrected chi connectivity index (χ2v) is 7.09. The number of thiophene rings is 1. The Bertz CT molecular complexity index is 569. The number of rotatable bonds is 4. The Morgan fingerprint density at radius 2 is 2.29 bits per heavy atom. The molecule has 0 aliphatic carbocycles. The topological polar surface area (TPSA) is 32.3 Å². The van der Waals surface area contributed by atoms with Gasteiger partial charge in [0.25, 0.3) is 0 Å². The molecule has 0 bridgehead atoms. The number of aryl methyl sites for hydroxylation is 1. The molecule has 0 spiro atoms. The highest BCUT2D eigenvalue weighted by molar-refractivity contribution is 7.11. The third-order valence-corrected chi connectivity index (χ3v) is 5.12. The molecule has 1 aliphatic heterocycles. The molecule has 1 atom stereocenters. The van der Waals surface area contributed by atoms with Gasteiger partial charge in [0.2, 0.25) is 0 Å². The molecule has 1 unspecified atom stereocenters. The monoisotopic (exact) mass is 302 g/mol. The van der Waals surface area contributed by atoms with Crippen LogP contribution in [0.25, 0.3) is 0 Å². The second-order valence-electron chi connectivity index (χ2n) is 5.72. The maximum absolute atomic E-state index is 4.36. The minimum atomic E-state index is 0.537. The summed E-state index contributed by atoms with van der Waals surface area (Å²) in [6, 6.07) is 7.00. The lowest BCUT2D eigenvalue weighted by Crippen LogP contribution is -2.46. The van der Waals surface area contributed by atoms with Crippen LogP contribution in [0.15, 0.2) is 30.7 Å². The van der Waals surface area contributed by atoms with Crippen LogP contribution in [0.1, 0.15) is 22.6 Å². The van der Waals surface area contributed by atoms with Crippen molar-refractivity contribution in [3.05, 3.63) is 40.5 Å². The molecule has 1 saturated heterocycles. The summed E-state index contributed by atoms with van der Waals surface area (Å²) in [6.07, 6.45) is 5.93. The molecule has 112 valence electrons. The van der Waals surface area contributed by atoms with Gasteiger partial charge in [-0.3, -0.25) is 4.90 Å². The highest BCUT2D eigenvalue weighted by Crippen LogP contribution is 2.23. The second kappa shape index (κ2) is 6.54. The fourth-order valence-corrected chi connectivity index (χ4v) is 3.89. The summed E-state index contributed by atoms with van der Waals surface area (Å²) in [7, 11) is 2.14. The fraction of sp³-hybridized carbons (Fsp3) is 0.500. The molecule has 3 rings (SSSR count). The number of aromatic nitrogens is 2. The van der Waals surface area contributed by atoms with E-state index in [0.717, 1.165) is 18.9 Å². The van der Waals surface area contributed by atoms with Crippen LogP contribution in [0.5, 0.6) is 0 Å². The predicted octanol–water partition coefficient (Wildman–Crippen LogP) is 2.95. The molecule has 5 heteroatoms. The fourth-order valence-electron chi connectivity index (χ4n) is 2.96. The molecule has 21 heavy (non-hydrogen) atoms. The van der Waals surface area contributed by atoms with Crippen LogP contribution < -0.4 is 4.90 Å². The van der Waals surface area contributed by atoms with Gasteiger partial charge in [-0.2, -0.15) is 0 Å². The first-order valence-corrected chi connectivity index (χ1v) is 8.30. The molecular weight excluding hydrogens is 280 g/mol. The smallest absolute Gasteiger partial charge is 0.131 e. The zero-order valence-electron chi connectivity index (χ0n) is 12.7. The number of likely N-dealkylation sites (tertiary alicyclic amines) is 1. The molecule has 1 fully saturated rings. The first-order valence-electron chi connectivity index (χ1n) is 7.49. The van der Waals surface area contributed by atoms with Gasteiger partial charge in [0.15, 0.2) is 0 Å². The lowest BCUT2D eigenvalue weighted by molar-refractivity contribution is 0.200. The zero-order valence-corrected chi connectivity index (χ0v) is 13.5. The molecule has 0 amide bonds. The van der Waals surface area contributed by atoms with E-state index in [1.54, 1.807) is 6.33 Å². The van der Waals surface area contributed by atoms with Gasteiger partial charge < -0.3 is 4.90 Å². The largest absolute Gasteiger partial charge is 0.355 e. The summed E-state index contributed by atoms with van der Waals surface area (Å²) < 4.78 is 0. The summed E-state index contributed by atoms with van der Waals surface area (Å²) in [4.78, 5) is 16.1. The van der Waals surface area contributed by atoms with Crippen molar-refractivity contribution in [2.45, 2.75) is 32.4 Å². The van der Waals surface area contributed by atoms with Crippen molar-refractivity contribution in [2.24, 2.45) is 0 Å². The Balaban J connectivity index is 1.63. The highest BCUT2D eigenvalue weighted by atomic mass is 32.1. The molecule has 2 aromatic heterocycles. The van der Waals surface area contributed by atoms with Crippen LogP contribution >= 0.6 is 11.3 Å². The average Bonchev–Trinajstić information content (AvgIpc) is 2.93. The molecular formula is C16H22N4S. The van der Waals surface area contributed by atoms with Crippen LogP contribution in [0.3, 0.4) is 0 Å². The lowest BCUT2D eigenvalue weighted by Gasteiger charge is -2.38.